The predicted molar refractivity (Wildman–Crippen MR) is 90.8 cm³/mol. The Balaban J connectivity index is 1.88. The summed E-state index contributed by atoms with van der Waals surface area (Å²) in [5.41, 5.74) is 1.17. The topological polar surface area (TPSA) is 24.9 Å². The van der Waals surface area contributed by atoms with Gasteiger partial charge >= 0.3 is 0 Å². The molecule has 0 aliphatic heterocycles. The molecule has 0 bridgehead atoms. The molecule has 0 spiro atoms. The van der Waals surface area contributed by atoms with Crippen LogP contribution in [0.4, 0.5) is 0 Å². The molecule has 21 heavy (non-hydrogen) atoms. The van der Waals surface area contributed by atoms with Crippen molar-refractivity contribution in [3.05, 3.63) is 64.6 Å². The van der Waals surface area contributed by atoms with Gasteiger partial charge in [0.15, 0.2) is 0 Å². The second-order valence-corrected chi connectivity index (χ2v) is 6.18. The van der Waals surface area contributed by atoms with Gasteiger partial charge in [-0.3, -0.25) is 4.98 Å². The van der Waals surface area contributed by atoms with Crippen molar-refractivity contribution in [2.24, 2.45) is 0 Å². The maximum Gasteiger partial charge on any atom is 0.0651 e. The van der Waals surface area contributed by atoms with E-state index in [1.807, 2.05) is 17.5 Å². The van der Waals surface area contributed by atoms with Crippen LogP contribution in [0.3, 0.4) is 0 Å². The van der Waals surface area contributed by atoms with Crippen molar-refractivity contribution >= 4 is 22.1 Å². The number of pyridine rings is 1. The molecule has 0 fully saturated rings. The monoisotopic (exact) mass is 296 g/mol. The zero-order chi connectivity index (χ0) is 14.5. The highest BCUT2D eigenvalue weighted by atomic mass is 32.1. The van der Waals surface area contributed by atoms with Gasteiger partial charge in [-0.1, -0.05) is 37.3 Å². The summed E-state index contributed by atoms with van der Waals surface area (Å²) in [5, 5.41) is 8.27. The molecule has 1 unspecified atom stereocenters. The number of hydrogen-bond acceptors (Lipinski definition) is 3. The van der Waals surface area contributed by atoms with Crippen LogP contribution in [-0.2, 0) is 6.42 Å². The number of nitrogens with zero attached hydrogens (tertiary/aromatic N) is 1. The Morgan fingerprint density at radius 3 is 2.86 bits per heavy atom. The minimum atomic E-state index is 0.309. The predicted octanol–water partition coefficient (Wildman–Crippen LogP) is 4.58. The molecule has 0 radical (unpaired) electrons. The largest absolute Gasteiger partial charge is 0.309 e. The fraction of sp³-hybridized carbons (Fsp3) is 0.278. The average molecular weight is 296 g/mol. The fourth-order valence-corrected chi connectivity index (χ4v) is 3.47. The number of benzene rings is 1. The Hall–Kier alpha value is -1.71. The van der Waals surface area contributed by atoms with E-state index in [1.165, 1.54) is 21.3 Å². The molecule has 1 atom stereocenters. The van der Waals surface area contributed by atoms with E-state index >= 15 is 0 Å². The van der Waals surface area contributed by atoms with Crippen molar-refractivity contribution in [3.63, 3.8) is 0 Å². The highest BCUT2D eigenvalue weighted by molar-refractivity contribution is 7.09. The van der Waals surface area contributed by atoms with E-state index in [4.69, 9.17) is 0 Å². The highest BCUT2D eigenvalue weighted by Crippen LogP contribution is 2.26. The zero-order valence-electron chi connectivity index (χ0n) is 12.3. The Bertz CT molecular complexity index is 686. The fourth-order valence-electron chi connectivity index (χ4n) is 2.74. The second kappa shape index (κ2) is 6.83. The van der Waals surface area contributed by atoms with Gasteiger partial charge in [0.2, 0.25) is 0 Å². The van der Waals surface area contributed by atoms with Crippen molar-refractivity contribution < 1.29 is 0 Å². The molecule has 0 saturated carbocycles. The number of thiophene rings is 1. The van der Waals surface area contributed by atoms with Crippen molar-refractivity contribution in [1.82, 2.24) is 10.3 Å². The number of nitrogens with one attached hydrogen (secondary N) is 1. The lowest BCUT2D eigenvalue weighted by atomic mass is 10.0. The molecule has 2 aromatic heterocycles. The van der Waals surface area contributed by atoms with Crippen molar-refractivity contribution in [1.29, 1.82) is 0 Å². The minimum absolute atomic E-state index is 0.309. The Morgan fingerprint density at radius 2 is 2.05 bits per heavy atom. The van der Waals surface area contributed by atoms with Crippen molar-refractivity contribution in [2.75, 3.05) is 6.54 Å². The van der Waals surface area contributed by atoms with Crippen LogP contribution in [0.1, 0.15) is 30.0 Å². The molecule has 3 heteroatoms. The summed E-state index contributed by atoms with van der Waals surface area (Å²) >= 11 is 1.83. The standard InChI is InChI=1S/C18H20N2S/c1-2-19-17(10-9-15-7-5-13-21-15)18-16-8-4-3-6-14(16)11-12-20-18/h3-8,11-13,17,19H,2,9-10H2,1H3. The normalized spacial score (nSPS) is 12.6. The lowest BCUT2D eigenvalue weighted by molar-refractivity contribution is 0.509. The van der Waals surface area contributed by atoms with Crippen LogP contribution in [0.2, 0.25) is 0 Å². The molecule has 108 valence electrons. The molecule has 2 heterocycles. The molecule has 1 N–H and O–H groups in total. The smallest absolute Gasteiger partial charge is 0.0651 e. The minimum Gasteiger partial charge on any atom is -0.309 e. The van der Waals surface area contributed by atoms with Crippen molar-refractivity contribution in [3.8, 4) is 0 Å². The third-order valence-electron chi connectivity index (χ3n) is 3.74. The first-order chi connectivity index (χ1) is 10.4. The molecule has 0 aliphatic carbocycles. The van der Waals surface area contributed by atoms with Crippen LogP contribution in [0.25, 0.3) is 10.8 Å². The van der Waals surface area contributed by atoms with Crippen LogP contribution in [-0.4, -0.2) is 11.5 Å². The molecular weight excluding hydrogens is 276 g/mol. The van der Waals surface area contributed by atoms with Crippen LogP contribution in [0, 0.1) is 0 Å². The first kappa shape index (κ1) is 14.2. The molecule has 3 rings (SSSR count). The summed E-state index contributed by atoms with van der Waals surface area (Å²) in [6.07, 6.45) is 4.10. The summed E-state index contributed by atoms with van der Waals surface area (Å²) in [4.78, 5) is 6.11. The number of aromatic nitrogens is 1. The van der Waals surface area contributed by atoms with Gasteiger partial charge in [-0.2, -0.15) is 0 Å². The maximum absolute atomic E-state index is 4.67. The molecule has 0 aliphatic rings. The lowest BCUT2D eigenvalue weighted by Crippen LogP contribution is -2.22. The molecule has 1 aromatic carbocycles. The third kappa shape index (κ3) is 3.31. The molecule has 0 amide bonds. The quantitative estimate of drug-likeness (QED) is 0.720. The third-order valence-corrected chi connectivity index (χ3v) is 4.68. The average Bonchev–Trinajstić information content (AvgIpc) is 3.04. The first-order valence-electron chi connectivity index (χ1n) is 7.48. The van der Waals surface area contributed by atoms with Gasteiger partial charge in [0, 0.05) is 16.5 Å². The van der Waals surface area contributed by atoms with Gasteiger partial charge in [0.25, 0.3) is 0 Å². The van der Waals surface area contributed by atoms with E-state index in [1.54, 1.807) is 0 Å². The molecule has 0 saturated heterocycles. The first-order valence-corrected chi connectivity index (χ1v) is 8.36. The summed E-state index contributed by atoms with van der Waals surface area (Å²) in [7, 11) is 0. The van der Waals surface area contributed by atoms with E-state index < -0.39 is 0 Å². The lowest BCUT2D eigenvalue weighted by Gasteiger charge is -2.19. The van der Waals surface area contributed by atoms with Crippen molar-refractivity contribution in [2.45, 2.75) is 25.8 Å². The van der Waals surface area contributed by atoms with E-state index in [0.717, 1.165) is 19.4 Å². The molecule has 2 nitrogen and oxygen atoms in total. The number of hydrogen-bond donors (Lipinski definition) is 1. The van der Waals surface area contributed by atoms with Crippen LogP contribution in [0.5, 0.6) is 0 Å². The van der Waals surface area contributed by atoms with Gasteiger partial charge in [0.05, 0.1) is 11.7 Å². The van der Waals surface area contributed by atoms with Crippen LogP contribution in [0.15, 0.2) is 54.0 Å². The van der Waals surface area contributed by atoms with E-state index in [9.17, 15) is 0 Å². The summed E-state index contributed by atoms with van der Waals surface area (Å²) in [6.45, 7) is 3.11. The van der Waals surface area contributed by atoms with E-state index in [0.29, 0.717) is 6.04 Å². The van der Waals surface area contributed by atoms with Gasteiger partial charge in [-0.05, 0) is 42.3 Å². The van der Waals surface area contributed by atoms with E-state index in [-0.39, 0.29) is 0 Å². The Labute approximate surface area is 129 Å². The van der Waals surface area contributed by atoms with Gasteiger partial charge in [0.1, 0.15) is 0 Å². The SMILES string of the molecule is CCNC(CCc1cccs1)c1nccc2ccccc12. The highest BCUT2D eigenvalue weighted by Gasteiger charge is 2.15. The Kier molecular flexibility index (Phi) is 4.63. The number of aryl methyl sites for hydroxylation is 1. The summed E-state index contributed by atoms with van der Waals surface area (Å²) in [6, 6.07) is 15.2. The van der Waals surface area contributed by atoms with Crippen LogP contribution < -0.4 is 5.32 Å². The Morgan fingerprint density at radius 1 is 1.14 bits per heavy atom. The van der Waals surface area contributed by atoms with E-state index in [2.05, 4.69) is 65.1 Å². The maximum atomic E-state index is 4.67. The number of rotatable bonds is 6. The zero-order valence-corrected chi connectivity index (χ0v) is 13.1. The summed E-state index contributed by atoms with van der Waals surface area (Å²) < 4.78 is 0. The van der Waals surface area contributed by atoms with Gasteiger partial charge < -0.3 is 5.32 Å². The number of fused-ring (bicyclic) bond motifs is 1. The molecular formula is C18H20N2S. The van der Waals surface area contributed by atoms with Gasteiger partial charge in [-0.15, -0.1) is 11.3 Å². The molecule has 3 aromatic rings. The van der Waals surface area contributed by atoms with Crippen LogP contribution >= 0.6 is 11.3 Å². The summed E-state index contributed by atoms with van der Waals surface area (Å²) in [5.74, 6) is 0. The van der Waals surface area contributed by atoms with Gasteiger partial charge in [-0.25, -0.2) is 0 Å². The second-order valence-electron chi connectivity index (χ2n) is 5.15.